The van der Waals surface area contributed by atoms with Gasteiger partial charge in [-0.3, -0.25) is 14.5 Å². The fourth-order valence-corrected chi connectivity index (χ4v) is 5.08. The van der Waals surface area contributed by atoms with Crippen LogP contribution in [0.5, 0.6) is 5.75 Å². The normalized spacial score (nSPS) is 14.6. The summed E-state index contributed by atoms with van der Waals surface area (Å²) in [5.74, 6) is 0.270. The fourth-order valence-electron chi connectivity index (χ4n) is 4.26. The van der Waals surface area contributed by atoms with Gasteiger partial charge in [0.2, 0.25) is 11.8 Å². The molecular weight excluding hydrogens is 456 g/mol. The van der Waals surface area contributed by atoms with Crippen molar-refractivity contribution in [1.82, 2.24) is 5.32 Å². The lowest BCUT2D eigenvalue weighted by atomic mass is 10.0. The SMILES string of the molecule is COc1cccc(N(C(=O)Cc2cccs2)C(C(=O)NC2CCCC2)c2ccc(Cl)cc2)c1. The summed E-state index contributed by atoms with van der Waals surface area (Å²) in [5.41, 5.74) is 1.31. The predicted octanol–water partition coefficient (Wildman–Crippen LogP) is 5.79. The summed E-state index contributed by atoms with van der Waals surface area (Å²) in [4.78, 5) is 30.0. The molecule has 1 aliphatic rings. The Bertz CT molecular complexity index is 1080. The monoisotopic (exact) mass is 482 g/mol. The molecular formula is C26H27ClN2O3S. The van der Waals surface area contributed by atoms with Crippen LogP contribution in [0, 0.1) is 0 Å². The van der Waals surface area contributed by atoms with Gasteiger partial charge in [-0.25, -0.2) is 0 Å². The molecule has 4 rings (SSSR count). The summed E-state index contributed by atoms with van der Waals surface area (Å²) in [7, 11) is 1.58. The summed E-state index contributed by atoms with van der Waals surface area (Å²) >= 11 is 7.66. The Morgan fingerprint density at radius 2 is 1.88 bits per heavy atom. The third kappa shape index (κ3) is 5.75. The van der Waals surface area contributed by atoms with Crippen molar-refractivity contribution in [1.29, 1.82) is 0 Å². The summed E-state index contributed by atoms with van der Waals surface area (Å²) < 4.78 is 5.41. The maximum Gasteiger partial charge on any atom is 0.248 e. The van der Waals surface area contributed by atoms with Crippen molar-refractivity contribution in [2.75, 3.05) is 12.0 Å². The number of hydrogen-bond donors (Lipinski definition) is 1. The van der Waals surface area contributed by atoms with Gasteiger partial charge in [0.1, 0.15) is 11.8 Å². The highest BCUT2D eigenvalue weighted by molar-refractivity contribution is 7.10. The number of carbonyl (C=O) groups excluding carboxylic acids is 2. The second kappa shape index (κ2) is 10.9. The van der Waals surface area contributed by atoms with E-state index in [1.165, 1.54) is 11.3 Å². The minimum absolute atomic E-state index is 0.131. The molecule has 1 saturated carbocycles. The minimum atomic E-state index is -0.831. The summed E-state index contributed by atoms with van der Waals surface area (Å²) in [5, 5.41) is 5.71. The number of anilines is 1. The Hall–Kier alpha value is -2.83. The molecule has 0 radical (unpaired) electrons. The first kappa shape index (κ1) is 23.3. The van der Waals surface area contributed by atoms with Gasteiger partial charge in [-0.1, -0.05) is 48.7 Å². The van der Waals surface area contributed by atoms with Crippen LogP contribution in [0.15, 0.2) is 66.0 Å². The lowest BCUT2D eigenvalue weighted by Gasteiger charge is -2.32. The maximum atomic E-state index is 13.7. The molecule has 7 heteroatoms. The number of hydrogen-bond acceptors (Lipinski definition) is 4. The van der Waals surface area contributed by atoms with Crippen molar-refractivity contribution >= 4 is 40.4 Å². The Kier molecular flexibility index (Phi) is 7.68. The van der Waals surface area contributed by atoms with E-state index in [4.69, 9.17) is 16.3 Å². The molecule has 0 aliphatic heterocycles. The van der Waals surface area contributed by atoms with Gasteiger partial charge in [0, 0.05) is 27.7 Å². The average Bonchev–Trinajstić information content (AvgIpc) is 3.52. The van der Waals surface area contributed by atoms with Crippen LogP contribution in [0.4, 0.5) is 5.69 Å². The highest BCUT2D eigenvalue weighted by Gasteiger charge is 2.34. The van der Waals surface area contributed by atoms with Crippen LogP contribution < -0.4 is 15.0 Å². The van der Waals surface area contributed by atoms with Gasteiger partial charge in [-0.15, -0.1) is 11.3 Å². The lowest BCUT2D eigenvalue weighted by molar-refractivity contribution is -0.127. The number of halogens is 1. The van der Waals surface area contributed by atoms with E-state index < -0.39 is 6.04 Å². The molecule has 1 heterocycles. The first-order valence-electron chi connectivity index (χ1n) is 11.1. The van der Waals surface area contributed by atoms with Crippen LogP contribution in [0.25, 0.3) is 0 Å². The van der Waals surface area contributed by atoms with Gasteiger partial charge in [0.05, 0.1) is 13.5 Å². The molecule has 2 aromatic carbocycles. The molecule has 1 unspecified atom stereocenters. The van der Waals surface area contributed by atoms with Gasteiger partial charge >= 0.3 is 0 Å². The highest BCUT2D eigenvalue weighted by atomic mass is 35.5. The smallest absolute Gasteiger partial charge is 0.248 e. The molecule has 1 aromatic heterocycles. The van der Waals surface area contributed by atoms with E-state index in [0.717, 1.165) is 30.6 Å². The van der Waals surface area contributed by atoms with E-state index in [0.29, 0.717) is 22.0 Å². The second-order valence-electron chi connectivity index (χ2n) is 8.17. The lowest BCUT2D eigenvalue weighted by Crippen LogP contribution is -2.46. The molecule has 1 atom stereocenters. The van der Waals surface area contributed by atoms with E-state index in [2.05, 4.69) is 5.32 Å². The minimum Gasteiger partial charge on any atom is -0.497 e. The summed E-state index contributed by atoms with van der Waals surface area (Å²) in [6, 6.07) is 17.6. The largest absolute Gasteiger partial charge is 0.497 e. The van der Waals surface area contributed by atoms with Crippen molar-refractivity contribution in [2.24, 2.45) is 0 Å². The molecule has 5 nitrogen and oxygen atoms in total. The van der Waals surface area contributed by atoms with Crippen LogP contribution in [0.1, 0.15) is 42.2 Å². The Morgan fingerprint density at radius 3 is 2.55 bits per heavy atom. The highest BCUT2D eigenvalue weighted by Crippen LogP contribution is 2.32. The first-order valence-corrected chi connectivity index (χ1v) is 12.4. The number of ether oxygens (including phenoxy) is 1. The number of nitrogens with one attached hydrogen (secondary N) is 1. The molecule has 2 amide bonds. The van der Waals surface area contributed by atoms with Crippen molar-refractivity contribution < 1.29 is 14.3 Å². The molecule has 3 aromatic rings. The standard InChI is InChI=1S/C26H27ClN2O3S/c1-32-22-9-4-8-21(16-22)29(24(30)17-23-10-5-15-33-23)25(18-11-13-19(27)14-12-18)26(31)28-20-6-2-3-7-20/h4-5,8-16,20,25H,2-3,6-7,17H2,1H3,(H,28,31). The number of amides is 2. The van der Waals surface area contributed by atoms with E-state index in [1.54, 1.807) is 30.2 Å². The fraction of sp³-hybridized carbons (Fsp3) is 0.308. The van der Waals surface area contributed by atoms with E-state index >= 15 is 0 Å². The zero-order chi connectivity index (χ0) is 23.2. The molecule has 0 saturated heterocycles. The maximum absolute atomic E-state index is 13.7. The van der Waals surface area contributed by atoms with E-state index in [-0.39, 0.29) is 24.3 Å². The predicted molar refractivity (Wildman–Crippen MR) is 133 cm³/mol. The average molecular weight is 483 g/mol. The number of carbonyl (C=O) groups is 2. The molecule has 0 bridgehead atoms. The Balaban J connectivity index is 1.77. The molecule has 0 spiro atoms. The number of methoxy groups -OCH3 is 1. The molecule has 1 fully saturated rings. The van der Waals surface area contributed by atoms with Gasteiger partial charge in [-0.2, -0.15) is 0 Å². The van der Waals surface area contributed by atoms with Crippen molar-refractivity contribution in [3.8, 4) is 5.75 Å². The van der Waals surface area contributed by atoms with Gasteiger partial charge in [-0.05, 0) is 54.1 Å². The van der Waals surface area contributed by atoms with Crippen LogP contribution in [-0.2, 0) is 16.0 Å². The number of rotatable bonds is 8. The first-order chi connectivity index (χ1) is 16.0. The third-order valence-electron chi connectivity index (χ3n) is 5.90. The topological polar surface area (TPSA) is 58.6 Å². The van der Waals surface area contributed by atoms with E-state index in [9.17, 15) is 9.59 Å². The zero-order valence-corrected chi connectivity index (χ0v) is 20.1. The third-order valence-corrected chi connectivity index (χ3v) is 7.03. The quantitative estimate of drug-likeness (QED) is 0.442. The van der Waals surface area contributed by atoms with Gasteiger partial charge < -0.3 is 10.1 Å². The van der Waals surface area contributed by atoms with Crippen molar-refractivity contribution in [3.63, 3.8) is 0 Å². The van der Waals surface area contributed by atoms with Crippen LogP contribution in [-0.4, -0.2) is 25.0 Å². The van der Waals surface area contributed by atoms with Crippen LogP contribution >= 0.6 is 22.9 Å². The second-order valence-corrected chi connectivity index (χ2v) is 9.63. The number of nitrogens with zero attached hydrogens (tertiary/aromatic N) is 1. The molecule has 172 valence electrons. The Labute approximate surface area is 203 Å². The number of thiophene rings is 1. The van der Waals surface area contributed by atoms with Gasteiger partial charge in [0.15, 0.2) is 0 Å². The van der Waals surface area contributed by atoms with E-state index in [1.807, 2.05) is 47.8 Å². The summed E-state index contributed by atoms with van der Waals surface area (Å²) in [6.45, 7) is 0. The van der Waals surface area contributed by atoms with Gasteiger partial charge in [0.25, 0.3) is 0 Å². The van der Waals surface area contributed by atoms with Crippen molar-refractivity contribution in [3.05, 3.63) is 81.5 Å². The molecule has 33 heavy (non-hydrogen) atoms. The van der Waals surface area contributed by atoms with Crippen LogP contribution in [0.3, 0.4) is 0 Å². The Morgan fingerprint density at radius 1 is 1.12 bits per heavy atom. The van der Waals surface area contributed by atoms with Crippen molar-refractivity contribution in [2.45, 2.75) is 44.2 Å². The molecule has 1 aliphatic carbocycles. The number of benzene rings is 2. The van der Waals surface area contributed by atoms with Crippen LogP contribution in [0.2, 0.25) is 5.02 Å². The zero-order valence-electron chi connectivity index (χ0n) is 18.5. The molecule has 1 N–H and O–H groups in total. The summed E-state index contributed by atoms with van der Waals surface area (Å²) in [6.07, 6.45) is 4.33.